The third-order valence-corrected chi connectivity index (χ3v) is 6.37. The zero-order chi connectivity index (χ0) is 23.0. The number of hydrogen-bond acceptors (Lipinski definition) is 6. The number of esters is 1. The SMILES string of the molecule is C=C1NC2=C(C(=O)CC(C)(C)C2)C(c2ccc(COc3cccc(Br)c3)o2)C1C(=O)OC. The lowest BCUT2D eigenvalue weighted by Gasteiger charge is -2.41. The molecule has 0 spiro atoms. The van der Waals surface area contributed by atoms with Crippen molar-refractivity contribution in [3.63, 3.8) is 0 Å². The fraction of sp³-hybridized carbons (Fsp3) is 0.360. The fourth-order valence-electron chi connectivity index (χ4n) is 4.51. The molecule has 4 rings (SSSR count). The molecule has 2 heterocycles. The molecule has 168 valence electrons. The van der Waals surface area contributed by atoms with E-state index in [4.69, 9.17) is 13.9 Å². The van der Waals surface area contributed by atoms with Crippen molar-refractivity contribution in [3.8, 4) is 5.75 Å². The van der Waals surface area contributed by atoms with Gasteiger partial charge in [0, 0.05) is 27.9 Å². The van der Waals surface area contributed by atoms with Crippen LogP contribution in [0.15, 0.2) is 68.8 Å². The van der Waals surface area contributed by atoms with Crippen molar-refractivity contribution in [3.05, 3.63) is 75.9 Å². The first-order valence-electron chi connectivity index (χ1n) is 10.5. The molecule has 0 saturated carbocycles. The Kier molecular flexibility index (Phi) is 6.03. The van der Waals surface area contributed by atoms with E-state index in [9.17, 15) is 9.59 Å². The van der Waals surface area contributed by atoms with Gasteiger partial charge in [-0.1, -0.05) is 42.4 Å². The summed E-state index contributed by atoms with van der Waals surface area (Å²) in [5, 5.41) is 3.22. The van der Waals surface area contributed by atoms with E-state index in [-0.39, 0.29) is 17.8 Å². The number of benzene rings is 1. The number of furan rings is 1. The van der Waals surface area contributed by atoms with Gasteiger partial charge in [0.2, 0.25) is 0 Å². The third kappa shape index (κ3) is 4.39. The first-order valence-corrected chi connectivity index (χ1v) is 11.2. The molecule has 7 heteroatoms. The quantitative estimate of drug-likeness (QED) is 0.565. The van der Waals surface area contributed by atoms with E-state index in [1.165, 1.54) is 7.11 Å². The summed E-state index contributed by atoms with van der Waals surface area (Å²) in [5.74, 6) is 0.0338. The lowest BCUT2D eigenvalue weighted by molar-refractivity contribution is -0.145. The van der Waals surface area contributed by atoms with Crippen molar-refractivity contribution >= 4 is 27.7 Å². The second kappa shape index (κ2) is 8.62. The molecule has 1 aliphatic carbocycles. The summed E-state index contributed by atoms with van der Waals surface area (Å²) in [6.07, 6.45) is 1.10. The molecule has 2 unspecified atom stereocenters. The highest BCUT2D eigenvalue weighted by atomic mass is 79.9. The molecule has 2 aromatic rings. The second-order valence-corrected chi connectivity index (χ2v) is 9.93. The Hall–Kier alpha value is -2.80. The topological polar surface area (TPSA) is 77.8 Å². The average Bonchev–Trinajstić information content (AvgIpc) is 3.18. The van der Waals surface area contributed by atoms with Crippen LogP contribution in [0.5, 0.6) is 5.75 Å². The van der Waals surface area contributed by atoms with Crippen molar-refractivity contribution in [2.75, 3.05) is 7.11 Å². The van der Waals surface area contributed by atoms with Gasteiger partial charge in [-0.25, -0.2) is 0 Å². The Balaban J connectivity index is 1.67. The Morgan fingerprint density at radius 2 is 2.06 bits per heavy atom. The van der Waals surface area contributed by atoms with Crippen LogP contribution in [0.2, 0.25) is 0 Å². The maximum atomic E-state index is 13.2. The number of hydrogen-bond donors (Lipinski definition) is 1. The molecule has 2 aliphatic rings. The Morgan fingerprint density at radius 3 is 2.78 bits per heavy atom. The number of Topliss-reactive ketones (excluding diaryl/α,β-unsaturated/α-hetero) is 1. The van der Waals surface area contributed by atoms with Crippen LogP contribution in [-0.4, -0.2) is 18.9 Å². The molecule has 1 N–H and O–H groups in total. The summed E-state index contributed by atoms with van der Waals surface area (Å²) >= 11 is 3.42. The summed E-state index contributed by atoms with van der Waals surface area (Å²) in [5.41, 5.74) is 1.73. The summed E-state index contributed by atoms with van der Waals surface area (Å²) in [4.78, 5) is 25.9. The van der Waals surface area contributed by atoms with Crippen molar-refractivity contribution in [1.82, 2.24) is 5.32 Å². The van der Waals surface area contributed by atoms with Crippen molar-refractivity contribution in [2.24, 2.45) is 11.3 Å². The number of carbonyl (C=O) groups is 2. The van der Waals surface area contributed by atoms with Crippen molar-refractivity contribution < 1.29 is 23.5 Å². The highest BCUT2D eigenvalue weighted by Crippen LogP contribution is 2.48. The van der Waals surface area contributed by atoms with Crippen LogP contribution in [-0.2, 0) is 20.9 Å². The first-order chi connectivity index (χ1) is 15.2. The van der Waals surface area contributed by atoms with E-state index in [0.717, 1.165) is 10.2 Å². The molecule has 0 bridgehead atoms. The lowest BCUT2D eigenvalue weighted by Crippen LogP contribution is -2.43. The summed E-state index contributed by atoms with van der Waals surface area (Å²) in [7, 11) is 1.34. The summed E-state index contributed by atoms with van der Waals surface area (Å²) in [6.45, 7) is 8.41. The minimum atomic E-state index is -0.756. The molecule has 1 aromatic carbocycles. The zero-order valence-electron chi connectivity index (χ0n) is 18.4. The van der Waals surface area contributed by atoms with E-state index >= 15 is 0 Å². The molecule has 32 heavy (non-hydrogen) atoms. The van der Waals surface area contributed by atoms with Crippen LogP contribution in [0.25, 0.3) is 0 Å². The number of rotatable bonds is 5. The van der Waals surface area contributed by atoms with Gasteiger partial charge in [-0.05, 0) is 42.2 Å². The molecule has 1 aromatic heterocycles. The van der Waals surface area contributed by atoms with E-state index in [0.29, 0.717) is 41.4 Å². The highest BCUT2D eigenvalue weighted by molar-refractivity contribution is 9.10. The largest absolute Gasteiger partial charge is 0.486 e. The molecular formula is C25H26BrNO5. The van der Waals surface area contributed by atoms with Gasteiger partial charge in [0.15, 0.2) is 5.78 Å². The highest BCUT2D eigenvalue weighted by Gasteiger charge is 2.47. The standard InChI is InChI=1S/C25H26BrNO5/c1-14-21(24(29)30-4)23(22-18(27-14)11-25(2,3)12-19(22)28)20-9-8-17(32-20)13-31-16-7-5-6-15(26)10-16/h5-10,21,23,27H,1,11-13H2,2-4H3. The molecule has 2 atom stereocenters. The van der Waals surface area contributed by atoms with Gasteiger partial charge < -0.3 is 19.2 Å². The molecule has 1 aliphatic heterocycles. The number of allylic oxidation sites excluding steroid dienone is 2. The molecule has 0 amide bonds. The van der Waals surface area contributed by atoms with Gasteiger partial charge in [-0.2, -0.15) is 0 Å². The fourth-order valence-corrected chi connectivity index (χ4v) is 4.89. The van der Waals surface area contributed by atoms with Gasteiger partial charge in [0.1, 0.15) is 29.8 Å². The molecule has 6 nitrogen and oxygen atoms in total. The van der Waals surface area contributed by atoms with E-state index in [1.807, 2.05) is 30.3 Å². The number of methoxy groups -OCH3 is 1. The minimum absolute atomic E-state index is 0.0125. The third-order valence-electron chi connectivity index (χ3n) is 5.87. The monoisotopic (exact) mass is 499 g/mol. The van der Waals surface area contributed by atoms with Crippen LogP contribution in [0, 0.1) is 11.3 Å². The van der Waals surface area contributed by atoms with Crippen LogP contribution < -0.4 is 10.1 Å². The minimum Gasteiger partial charge on any atom is -0.486 e. The number of carbonyl (C=O) groups excluding carboxylic acids is 2. The number of halogens is 1. The van der Waals surface area contributed by atoms with Gasteiger partial charge in [0.25, 0.3) is 0 Å². The van der Waals surface area contributed by atoms with E-state index < -0.39 is 17.8 Å². The lowest BCUT2D eigenvalue weighted by atomic mass is 9.67. The normalized spacial score (nSPS) is 22.2. The Labute approximate surface area is 195 Å². The smallest absolute Gasteiger partial charge is 0.315 e. The summed E-state index contributed by atoms with van der Waals surface area (Å²) < 4.78 is 17.9. The zero-order valence-corrected chi connectivity index (χ0v) is 20.0. The molecule has 0 radical (unpaired) electrons. The van der Waals surface area contributed by atoms with Gasteiger partial charge in [-0.3, -0.25) is 9.59 Å². The first kappa shape index (κ1) is 22.4. The van der Waals surface area contributed by atoms with Gasteiger partial charge >= 0.3 is 5.97 Å². The molecule has 0 fully saturated rings. The van der Waals surface area contributed by atoms with E-state index in [2.05, 4.69) is 41.7 Å². The molecule has 0 saturated heterocycles. The van der Waals surface area contributed by atoms with Crippen molar-refractivity contribution in [1.29, 1.82) is 0 Å². The number of nitrogens with one attached hydrogen (secondary N) is 1. The van der Waals surface area contributed by atoms with E-state index in [1.54, 1.807) is 6.07 Å². The average molecular weight is 500 g/mol. The van der Waals surface area contributed by atoms with Crippen LogP contribution >= 0.6 is 15.9 Å². The Bertz CT molecular complexity index is 1110. The summed E-state index contributed by atoms with van der Waals surface area (Å²) in [6, 6.07) is 11.1. The van der Waals surface area contributed by atoms with Gasteiger partial charge in [-0.15, -0.1) is 0 Å². The predicted molar refractivity (Wildman–Crippen MR) is 123 cm³/mol. The van der Waals surface area contributed by atoms with Crippen LogP contribution in [0.4, 0.5) is 0 Å². The van der Waals surface area contributed by atoms with Crippen LogP contribution in [0.1, 0.15) is 44.1 Å². The number of ketones is 1. The second-order valence-electron chi connectivity index (χ2n) is 9.01. The predicted octanol–water partition coefficient (Wildman–Crippen LogP) is 5.25. The van der Waals surface area contributed by atoms with Crippen LogP contribution in [0.3, 0.4) is 0 Å². The van der Waals surface area contributed by atoms with Gasteiger partial charge in [0.05, 0.1) is 13.0 Å². The maximum Gasteiger partial charge on any atom is 0.315 e. The number of ether oxygens (including phenoxy) is 2. The Morgan fingerprint density at radius 1 is 1.28 bits per heavy atom. The maximum absolute atomic E-state index is 13.2. The molecular weight excluding hydrogens is 474 g/mol. The van der Waals surface area contributed by atoms with Crippen molar-refractivity contribution in [2.45, 2.75) is 39.2 Å².